The molecule has 0 aromatic heterocycles. The minimum absolute atomic E-state index is 0.182. The van der Waals surface area contributed by atoms with Gasteiger partial charge in [-0.25, -0.2) is 0 Å². The van der Waals surface area contributed by atoms with Crippen LogP contribution in [0.2, 0.25) is 9.88 Å². The van der Waals surface area contributed by atoms with E-state index in [2.05, 4.69) is 0 Å². The topological polar surface area (TPSA) is 52.6 Å². The Bertz CT molecular complexity index is 222. The van der Waals surface area contributed by atoms with Crippen LogP contribution in [-0.4, -0.2) is 31.1 Å². The van der Waals surface area contributed by atoms with E-state index in [1.54, 1.807) is 37.6 Å². The van der Waals surface area contributed by atoms with E-state index in [1.165, 1.54) is 0 Å². The summed E-state index contributed by atoms with van der Waals surface area (Å²) in [7, 11) is 0. The summed E-state index contributed by atoms with van der Waals surface area (Å²) >= 11 is -3.40. The van der Waals surface area contributed by atoms with Crippen LogP contribution in [0.4, 0.5) is 0 Å². The minimum atomic E-state index is -3.40. The van der Waals surface area contributed by atoms with Crippen LogP contribution in [0.3, 0.4) is 0 Å². The molecule has 0 rings (SSSR count). The van der Waals surface area contributed by atoms with Crippen molar-refractivity contribution in [1.82, 2.24) is 0 Å². The number of rotatable bonds is 4. The van der Waals surface area contributed by atoms with Gasteiger partial charge in [0.25, 0.3) is 0 Å². The van der Waals surface area contributed by atoms with Crippen molar-refractivity contribution < 1.29 is 15.7 Å². The molecule has 0 unspecified atom stereocenters. The molecule has 88 valence electrons. The summed E-state index contributed by atoms with van der Waals surface area (Å²) in [5, 5.41) is 0. The maximum absolute atomic E-state index is 11.3. The van der Waals surface area contributed by atoms with Crippen molar-refractivity contribution in [2.24, 2.45) is 11.8 Å². The van der Waals surface area contributed by atoms with Gasteiger partial charge in [-0.05, 0) is 0 Å². The van der Waals surface area contributed by atoms with Crippen LogP contribution in [-0.2, 0) is 15.7 Å². The number of hydrogen-bond acceptors (Lipinski definition) is 4. The predicted molar refractivity (Wildman–Crippen MR) is 59.3 cm³/mol. The average Bonchev–Trinajstić information content (AvgIpc) is 2.01. The summed E-state index contributed by atoms with van der Waals surface area (Å²) in [5.74, 6) is -0.933. The van der Waals surface area contributed by atoms with Gasteiger partial charge in [0.15, 0.2) is 0 Å². The molecular weight excluding hydrogens is 303 g/mol. The van der Waals surface area contributed by atoms with Gasteiger partial charge in [0, 0.05) is 0 Å². The van der Waals surface area contributed by atoms with Gasteiger partial charge in [-0.1, -0.05) is 0 Å². The maximum atomic E-state index is 11.3. The summed E-state index contributed by atoms with van der Waals surface area (Å²) in [6.07, 6.45) is 0. The second-order valence-electron chi connectivity index (χ2n) is 4.55. The summed E-state index contributed by atoms with van der Waals surface area (Å²) in [4.78, 5) is 26.2. The van der Waals surface area contributed by atoms with Gasteiger partial charge in [0.2, 0.25) is 0 Å². The molecule has 0 aliphatic carbocycles. The third-order valence-electron chi connectivity index (χ3n) is 1.64. The molecule has 0 aromatic carbocycles. The molecule has 0 amide bonds. The number of hydrogen-bond donors (Lipinski definition) is 0. The summed E-state index contributed by atoms with van der Waals surface area (Å²) in [6.45, 7) is 7.03. The van der Waals surface area contributed by atoms with Gasteiger partial charge < -0.3 is 0 Å². The summed E-state index contributed by atoms with van der Waals surface area (Å²) in [5.41, 5.74) is 0. The van der Waals surface area contributed by atoms with Gasteiger partial charge in [0.1, 0.15) is 0 Å². The molecule has 0 atom stereocenters. The van der Waals surface area contributed by atoms with E-state index in [0.29, 0.717) is 0 Å². The van der Waals surface area contributed by atoms with Crippen molar-refractivity contribution in [3.05, 3.63) is 0 Å². The Labute approximate surface area is 96.3 Å². The second kappa shape index (κ2) is 5.72. The normalized spacial score (nSPS) is 11.7. The standard InChI is InChI=1S/2C4H8O2.2CH3.Sn/c2*1-3(2)4(5)6;;;/h2*3H,1-2H3,(H,5,6);2*1H3;/q;;;;+2/p-2. The van der Waals surface area contributed by atoms with Crippen molar-refractivity contribution in [3.63, 3.8) is 0 Å². The van der Waals surface area contributed by atoms with E-state index in [0.717, 1.165) is 0 Å². The third-order valence-corrected chi connectivity index (χ3v) is 5.59. The molecule has 0 N–H and O–H groups in total. The Morgan fingerprint density at radius 3 is 1.33 bits per heavy atom. The van der Waals surface area contributed by atoms with Crippen molar-refractivity contribution in [1.29, 1.82) is 0 Å². The van der Waals surface area contributed by atoms with E-state index in [1.807, 2.05) is 0 Å². The zero-order valence-corrected chi connectivity index (χ0v) is 13.1. The first-order valence-corrected chi connectivity index (χ1v) is 13.2. The van der Waals surface area contributed by atoms with E-state index in [4.69, 9.17) is 6.15 Å². The fourth-order valence-corrected chi connectivity index (χ4v) is 4.97. The van der Waals surface area contributed by atoms with Crippen LogP contribution < -0.4 is 0 Å². The van der Waals surface area contributed by atoms with Gasteiger partial charge in [-0.15, -0.1) is 0 Å². The van der Waals surface area contributed by atoms with Crippen LogP contribution in [0.25, 0.3) is 0 Å². The van der Waals surface area contributed by atoms with Crippen LogP contribution in [0.1, 0.15) is 27.7 Å². The van der Waals surface area contributed by atoms with Crippen LogP contribution >= 0.6 is 0 Å². The van der Waals surface area contributed by atoms with Gasteiger partial charge >= 0.3 is 96.3 Å². The first-order chi connectivity index (χ1) is 6.65. The summed E-state index contributed by atoms with van der Waals surface area (Å²) < 4.78 is 10.5. The van der Waals surface area contributed by atoms with E-state index >= 15 is 0 Å². The van der Waals surface area contributed by atoms with Gasteiger partial charge in [0.05, 0.1) is 0 Å². The molecule has 0 aliphatic rings. The van der Waals surface area contributed by atoms with Crippen molar-refractivity contribution >= 4 is 31.1 Å². The number of carbonyl (C=O) groups is 2. The first kappa shape index (κ1) is 14.7. The SMILES string of the molecule is CC(C)C(=O)[O][Sn]([CH3])([CH3])[O]C(=O)C(C)C. The van der Waals surface area contributed by atoms with Crippen molar-refractivity contribution in [2.75, 3.05) is 0 Å². The van der Waals surface area contributed by atoms with E-state index in [-0.39, 0.29) is 23.8 Å². The molecule has 0 aliphatic heterocycles. The third kappa shape index (κ3) is 6.02. The van der Waals surface area contributed by atoms with E-state index < -0.39 is 19.2 Å². The Morgan fingerprint density at radius 1 is 0.867 bits per heavy atom. The van der Waals surface area contributed by atoms with Crippen LogP contribution in [0.5, 0.6) is 0 Å². The zero-order chi connectivity index (χ0) is 12.2. The molecule has 0 spiro atoms. The number of carbonyl (C=O) groups excluding carboxylic acids is 2. The molecule has 0 bridgehead atoms. The molecule has 0 aromatic rings. The zero-order valence-electron chi connectivity index (χ0n) is 10.3. The molecule has 0 heterocycles. The Balaban J connectivity index is 4.31. The van der Waals surface area contributed by atoms with Crippen molar-refractivity contribution in [3.8, 4) is 0 Å². The Kier molecular flexibility index (Phi) is 5.62. The molecule has 15 heavy (non-hydrogen) atoms. The van der Waals surface area contributed by atoms with E-state index in [9.17, 15) is 9.59 Å². The molecule has 0 saturated heterocycles. The first-order valence-electron chi connectivity index (χ1n) is 5.11. The molecule has 0 saturated carbocycles. The monoisotopic (exact) mass is 324 g/mol. The molecule has 5 heteroatoms. The summed E-state index contributed by atoms with van der Waals surface area (Å²) in [6, 6.07) is 0. The fraction of sp³-hybridized carbons (Fsp3) is 0.800. The second-order valence-corrected chi connectivity index (χ2v) is 13.7. The quantitative estimate of drug-likeness (QED) is 0.744. The average molecular weight is 323 g/mol. The van der Waals surface area contributed by atoms with Gasteiger partial charge in [-0.2, -0.15) is 0 Å². The Morgan fingerprint density at radius 2 is 1.13 bits per heavy atom. The molecule has 0 fully saturated rings. The molecule has 4 nitrogen and oxygen atoms in total. The van der Waals surface area contributed by atoms with Crippen LogP contribution in [0.15, 0.2) is 0 Å². The van der Waals surface area contributed by atoms with Crippen molar-refractivity contribution in [2.45, 2.75) is 37.6 Å². The van der Waals surface area contributed by atoms with Gasteiger partial charge in [-0.3, -0.25) is 0 Å². The Hall–Kier alpha value is -0.261. The fourth-order valence-electron chi connectivity index (χ4n) is 0.741. The molecular formula is C10H20O4Sn. The van der Waals surface area contributed by atoms with Crippen LogP contribution in [0, 0.1) is 11.8 Å². The molecule has 0 radical (unpaired) electrons. The predicted octanol–water partition coefficient (Wildman–Crippen LogP) is 2.09.